The first-order chi connectivity index (χ1) is 10.3. The highest BCUT2D eigenvalue weighted by Crippen LogP contribution is 2.41. The second-order valence-corrected chi connectivity index (χ2v) is 6.92. The molecule has 1 N–H and O–H groups in total. The van der Waals surface area contributed by atoms with Crippen LogP contribution in [-0.4, -0.2) is 29.7 Å². The van der Waals surface area contributed by atoms with Crippen molar-refractivity contribution in [2.75, 3.05) is 24.3 Å². The number of hydrogen-bond donors (Lipinski definition) is 1. The lowest BCUT2D eigenvalue weighted by Crippen LogP contribution is -2.21. The van der Waals surface area contributed by atoms with Crippen LogP contribution in [0, 0.1) is 0 Å². The molecule has 1 aliphatic carbocycles. The fourth-order valence-corrected chi connectivity index (χ4v) is 4.44. The van der Waals surface area contributed by atoms with Gasteiger partial charge in [-0.05, 0) is 25.0 Å². The minimum absolute atomic E-state index is 0.195. The van der Waals surface area contributed by atoms with E-state index in [4.69, 9.17) is 14.5 Å². The number of nitrogens with zero attached hydrogens (tertiary/aromatic N) is 1. The molecule has 4 nitrogen and oxygen atoms in total. The van der Waals surface area contributed by atoms with E-state index in [-0.39, 0.29) is 11.8 Å². The summed E-state index contributed by atoms with van der Waals surface area (Å²) in [6.07, 6.45) is 4.96. The van der Waals surface area contributed by atoms with Gasteiger partial charge in [0.15, 0.2) is 11.5 Å². The van der Waals surface area contributed by atoms with Gasteiger partial charge in [0.05, 0.1) is 18.8 Å². The fraction of sp³-hybridized carbons (Fsp3) is 0.562. The largest absolute Gasteiger partial charge is 0.346 e. The number of thioether (sulfide) groups is 1. The third-order valence-corrected chi connectivity index (χ3v) is 5.55. The highest BCUT2D eigenvalue weighted by atomic mass is 32.2. The Balaban J connectivity index is 1.43. The van der Waals surface area contributed by atoms with Crippen LogP contribution in [0.15, 0.2) is 29.3 Å². The number of rotatable bonds is 2. The summed E-state index contributed by atoms with van der Waals surface area (Å²) in [5.74, 6) is 1.14. The third kappa shape index (κ3) is 2.82. The Hall–Kier alpha value is -1.04. The normalized spacial score (nSPS) is 24.7. The Morgan fingerprint density at radius 1 is 1.10 bits per heavy atom. The van der Waals surface area contributed by atoms with Crippen molar-refractivity contribution in [3.8, 4) is 0 Å². The SMILES string of the molecule is c1cc(C2OCCO2)ccc1NC1=NC2(CCCC2)CS1. The number of ether oxygens (including phenoxy) is 2. The summed E-state index contributed by atoms with van der Waals surface area (Å²) in [5, 5.41) is 4.51. The smallest absolute Gasteiger partial charge is 0.184 e. The van der Waals surface area contributed by atoms with E-state index in [1.165, 1.54) is 25.7 Å². The van der Waals surface area contributed by atoms with Crippen LogP contribution in [0.3, 0.4) is 0 Å². The molecule has 5 heteroatoms. The molecular weight excluding hydrogens is 284 g/mol. The van der Waals surface area contributed by atoms with Crippen molar-refractivity contribution in [1.29, 1.82) is 0 Å². The summed E-state index contributed by atoms with van der Waals surface area (Å²) in [5.41, 5.74) is 2.39. The third-order valence-electron chi connectivity index (χ3n) is 4.41. The van der Waals surface area contributed by atoms with Gasteiger partial charge < -0.3 is 14.8 Å². The highest BCUT2D eigenvalue weighted by molar-refractivity contribution is 8.14. The molecule has 0 aromatic heterocycles. The van der Waals surface area contributed by atoms with Crippen molar-refractivity contribution in [3.63, 3.8) is 0 Å². The van der Waals surface area contributed by atoms with Gasteiger partial charge in [0, 0.05) is 17.0 Å². The van der Waals surface area contributed by atoms with Gasteiger partial charge >= 0.3 is 0 Å². The zero-order valence-electron chi connectivity index (χ0n) is 12.0. The number of anilines is 1. The minimum atomic E-state index is -0.195. The van der Waals surface area contributed by atoms with Crippen LogP contribution in [0.25, 0.3) is 0 Å². The van der Waals surface area contributed by atoms with Crippen LogP contribution in [0.2, 0.25) is 0 Å². The summed E-state index contributed by atoms with van der Waals surface area (Å²) in [7, 11) is 0. The fourth-order valence-electron chi connectivity index (χ4n) is 3.23. The first-order valence-corrected chi connectivity index (χ1v) is 8.65. The first kappa shape index (κ1) is 13.6. The number of hydrogen-bond acceptors (Lipinski definition) is 5. The average molecular weight is 304 g/mol. The van der Waals surface area contributed by atoms with Crippen molar-refractivity contribution in [2.45, 2.75) is 37.5 Å². The van der Waals surface area contributed by atoms with Crippen molar-refractivity contribution in [2.24, 2.45) is 4.99 Å². The number of benzene rings is 1. The van der Waals surface area contributed by atoms with Gasteiger partial charge in [-0.25, -0.2) is 0 Å². The topological polar surface area (TPSA) is 42.9 Å². The standard InChI is InChI=1S/C16H20N2O2S/c1-2-8-16(7-1)11-21-15(18-16)17-13-5-3-12(4-6-13)14-19-9-10-20-14/h3-6,14H,1-2,7-11H2,(H,17,18). The Morgan fingerprint density at radius 3 is 2.52 bits per heavy atom. The van der Waals surface area contributed by atoms with E-state index in [2.05, 4.69) is 29.6 Å². The van der Waals surface area contributed by atoms with Gasteiger partial charge in [-0.15, -0.1) is 0 Å². The van der Waals surface area contributed by atoms with Crippen molar-refractivity contribution < 1.29 is 9.47 Å². The van der Waals surface area contributed by atoms with Gasteiger partial charge in [0.1, 0.15) is 0 Å². The molecule has 1 saturated carbocycles. The van der Waals surface area contributed by atoms with Crippen LogP contribution >= 0.6 is 11.8 Å². The summed E-state index contributed by atoms with van der Waals surface area (Å²) >= 11 is 1.85. The lowest BCUT2D eigenvalue weighted by molar-refractivity contribution is -0.0441. The lowest BCUT2D eigenvalue weighted by atomic mass is 10.0. The zero-order chi connectivity index (χ0) is 14.1. The number of nitrogens with one attached hydrogen (secondary N) is 1. The van der Waals surface area contributed by atoms with Crippen molar-refractivity contribution in [1.82, 2.24) is 0 Å². The molecule has 1 aromatic carbocycles. The maximum atomic E-state index is 5.51. The minimum Gasteiger partial charge on any atom is -0.346 e. The van der Waals surface area contributed by atoms with Gasteiger partial charge in [-0.3, -0.25) is 4.99 Å². The number of amidine groups is 1. The maximum Gasteiger partial charge on any atom is 0.184 e. The zero-order valence-corrected chi connectivity index (χ0v) is 12.8. The number of aliphatic imine (C=N–C) groups is 1. The predicted molar refractivity (Wildman–Crippen MR) is 85.8 cm³/mol. The van der Waals surface area contributed by atoms with E-state index in [0.29, 0.717) is 13.2 Å². The van der Waals surface area contributed by atoms with Crippen LogP contribution in [0.4, 0.5) is 5.69 Å². The molecule has 1 spiro atoms. The molecule has 1 saturated heterocycles. The van der Waals surface area contributed by atoms with Crippen LogP contribution in [-0.2, 0) is 9.47 Å². The highest BCUT2D eigenvalue weighted by Gasteiger charge is 2.38. The maximum absolute atomic E-state index is 5.51. The van der Waals surface area contributed by atoms with Crippen molar-refractivity contribution >= 4 is 22.6 Å². The molecule has 4 rings (SSSR count). The molecule has 1 aromatic rings. The van der Waals surface area contributed by atoms with E-state index in [1.807, 2.05) is 11.8 Å². The van der Waals surface area contributed by atoms with E-state index < -0.39 is 0 Å². The molecule has 2 aliphatic heterocycles. The van der Waals surface area contributed by atoms with Crippen LogP contribution in [0.5, 0.6) is 0 Å². The summed E-state index contributed by atoms with van der Waals surface area (Å²) in [4.78, 5) is 4.93. The predicted octanol–water partition coefficient (Wildman–Crippen LogP) is 3.56. The summed E-state index contributed by atoms with van der Waals surface area (Å²) < 4.78 is 11.0. The van der Waals surface area contributed by atoms with Gasteiger partial charge in [0.25, 0.3) is 0 Å². The molecule has 2 fully saturated rings. The Morgan fingerprint density at radius 2 is 1.81 bits per heavy atom. The summed E-state index contributed by atoms with van der Waals surface area (Å²) in [6, 6.07) is 8.26. The Labute approximate surface area is 129 Å². The monoisotopic (exact) mass is 304 g/mol. The van der Waals surface area contributed by atoms with E-state index in [1.54, 1.807) is 0 Å². The average Bonchev–Trinajstić information content (AvgIpc) is 3.25. The van der Waals surface area contributed by atoms with Crippen LogP contribution < -0.4 is 5.32 Å². The summed E-state index contributed by atoms with van der Waals surface area (Å²) in [6.45, 7) is 1.36. The van der Waals surface area contributed by atoms with Gasteiger partial charge in [-0.1, -0.05) is 36.7 Å². The first-order valence-electron chi connectivity index (χ1n) is 7.66. The quantitative estimate of drug-likeness (QED) is 0.907. The Bertz CT molecular complexity index is 532. The molecule has 2 heterocycles. The second kappa shape index (κ2) is 5.63. The van der Waals surface area contributed by atoms with Gasteiger partial charge in [-0.2, -0.15) is 0 Å². The molecule has 21 heavy (non-hydrogen) atoms. The second-order valence-electron chi connectivity index (χ2n) is 5.96. The Kier molecular flexibility index (Phi) is 3.65. The van der Waals surface area contributed by atoms with E-state index in [9.17, 15) is 0 Å². The lowest BCUT2D eigenvalue weighted by Gasteiger charge is -2.16. The molecule has 112 valence electrons. The van der Waals surface area contributed by atoms with Crippen molar-refractivity contribution in [3.05, 3.63) is 29.8 Å². The van der Waals surface area contributed by atoms with E-state index in [0.717, 1.165) is 22.2 Å². The molecular formula is C16H20N2O2S. The molecule has 0 unspecified atom stereocenters. The van der Waals surface area contributed by atoms with E-state index >= 15 is 0 Å². The molecule has 0 radical (unpaired) electrons. The molecule has 0 atom stereocenters. The molecule has 3 aliphatic rings. The van der Waals surface area contributed by atoms with Crippen LogP contribution in [0.1, 0.15) is 37.5 Å². The molecule has 0 bridgehead atoms. The van der Waals surface area contributed by atoms with Gasteiger partial charge in [0.2, 0.25) is 0 Å². The molecule has 0 amide bonds.